The van der Waals surface area contributed by atoms with Crippen LogP contribution in [0.4, 0.5) is 0 Å². The maximum Gasteiger partial charge on any atom is 0.0749 e. The highest BCUT2D eigenvalue weighted by atomic mass is 28.2. The summed E-state index contributed by atoms with van der Waals surface area (Å²) >= 11 is 0. The van der Waals surface area contributed by atoms with Crippen molar-refractivity contribution in [2.75, 3.05) is 6.54 Å². The van der Waals surface area contributed by atoms with Crippen LogP contribution in [-0.2, 0) is 0 Å². The highest BCUT2D eigenvalue weighted by Crippen LogP contribution is 2.09. The molecule has 0 rings (SSSR count). The molecule has 0 saturated carbocycles. The second-order valence-corrected chi connectivity index (χ2v) is 3.80. The van der Waals surface area contributed by atoms with Gasteiger partial charge in [-0.2, -0.15) is 0 Å². The third kappa shape index (κ3) is 6.18. The van der Waals surface area contributed by atoms with E-state index in [4.69, 9.17) is 0 Å². The van der Waals surface area contributed by atoms with Crippen molar-refractivity contribution < 1.29 is 0 Å². The van der Waals surface area contributed by atoms with Crippen molar-refractivity contribution in [1.82, 2.24) is 4.98 Å². The summed E-state index contributed by atoms with van der Waals surface area (Å²) in [4.78, 5) is 3.25. The van der Waals surface area contributed by atoms with Crippen LogP contribution >= 0.6 is 0 Å². The minimum atomic E-state index is 0.474. The Morgan fingerprint density at radius 2 is 1.86 bits per heavy atom. The Kier molecular flexibility index (Phi) is 2.54. The van der Waals surface area contributed by atoms with Gasteiger partial charge in [0.1, 0.15) is 0 Å². The first-order chi connectivity index (χ1) is 3.06. The topological polar surface area (TPSA) is 12.0 Å². The van der Waals surface area contributed by atoms with Crippen molar-refractivity contribution in [3.63, 3.8) is 0 Å². The third-order valence-corrected chi connectivity index (χ3v) is 1.06. The number of rotatable bonds is 1. The molecule has 1 nitrogen and oxygen atoms in total. The maximum atomic E-state index is 3.25. The second-order valence-electron chi connectivity index (χ2n) is 3.09. The molecule has 0 saturated heterocycles. The molecule has 0 heterocycles. The molecule has 2 heteroatoms. The normalized spacial score (nSPS) is 12.4. The van der Waals surface area contributed by atoms with Crippen molar-refractivity contribution in [2.45, 2.75) is 20.8 Å². The van der Waals surface area contributed by atoms with Gasteiger partial charge in [0.25, 0.3) is 0 Å². The summed E-state index contributed by atoms with van der Waals surface area (Å²) < 4.78 is 0. The Balaban J connectivity index is 3.15. The Hall–Kier alpha value is 0.177. The molecule has 0 fully saturated rings. The Morgan fingerprint density at radius 1 is 1.43 bits per heavy atom. The molecule has 0 atom stereocenters. The van der Waals surface area contributed by atoms with Crippen molar-refractivity contribution in [3.05, 3.63) is 0 Å². The summed E-state index contributed by atoms with van der Waals surface area (Å²) in [6.45, 7) is 7.85. The van der Waals surface area contributed by atoms with E-state index in [9.17, 15) is 0 Å². The zero-order chi connectivity index (χ0) is 5.91. The lowest BCUT2D eigenvalue weighted by Crippen LogP contribution is -2.24. The molecule has 0 aliphatic rings. The minimum absolute atomic E-state index is 0.474. The number of hydrogen-bond acceptors (Lipinski definition) is 1. The predicted molar refractivity (Wildman–Crippen MR) is 37.4 cm³/mol. The molecular formula is C5H15NSi. The van der Waals surface area contributed by atoms with Gasteiger partial charge in [0, 0.05) is 0 Å². The summed E-state index contributed by atoms with van der Waals surface area (Å²) in [5, 5.41) is 0. The molecular weight excluding hydrogens is 102 g/mol. The molecule has 0 aromatic carbocycles. The maximum absolute atomic E-state index is 3.25. The van der Waals surface area contributed by atoms with Crippen molar-refractivity contribution in [2.24, 2.45) is 5.41 Å². The van der Waals surface area contributed by atoms with Gasteiger partial charge in [-0.3, -0.25) is 0 Å². The van der Waals surface area contributed by atoms with Crippen LogP contribution in [0.1, 0.15) is 20.8 Å². The lowest BCUT2D eigenvalue weighted by molar-refractivity contribution is 0.413. The highest BCUT2D eigenvalue weighted by Gasteiger charge is 2.05. The molecule has 0 aliphatic heterocycles. The fourth-order valence-corrected chi connectivity index (χ4v) is 1.59. The second kappa shape index (κ2) is 2.48. The monoisotopic (exact) mass is 117 g/mol. The SMILES string of the molecule is CC(C)(C)CN[SiH3]. The molecule has 0 amide bonds. The average Bonchev–Trinajstić information content (AvgIpc) is 1.30. The van der Waals surface area contributed by atoms with Crippen LogP contribution in [-0.4, -0.2) is 16.9 Å². The first kappa shape index (κ1) is 7.18. The zero-order valence-corrected chi connectivity index (χ0v) is 7.71. The first-order valence-electron chi connectivity index (χ1n) is 2.71. The quantitative estimate of drug-likeness (QED) is 0.473. The Morgan fingerprint density at radius 3 is 1.86 bits per heavy atom. The molecule has 7 heavy (non-hydrogen) atoms. The molecule has 0 aliphatic carbocycles. The van der Waals surface area contributed by atoms with E-state index in [2.05, 4.69) is 25.8 Å². The van der Waals surface area contributed by atoms with E-state index in [1.54, 1.807) is 0 Å². The third-order valence-electron chi connectivity index (χ3n) is 0.707. The molecule has 0 unspecified atom stereocenters. The molecule has 0 aromatic heterocycles. The Labute approximate surface area is 49.0 Å². The van der Waals surface area contributed by atoms with E-state index >= 15 is 0 Å². The summed E-state index contributed by atoms with van der Waals surface area (Å²) in [7, 11) is 1.12. The van der Waals surface area contributed by atoms with Crippen molar-refractivity contribution in [3.8, 4) is 0 Å². The van der Waals surface area contributed by atoms with Gasteiger partial charge < -0.3 is 4.98 Å². The standard InChI is InChI=1S/C5H15NSi/c1-5(2,3)4-6-7/h6H,4H2,1-3,7H3. The van der Waals surface area contributed by atoms with Crippen LogP contribution in [0.3, 0.4) is 0 Å². The fourth-order valence-electron chi connectivity index (χ4n) is 0.530. The van der Waals surface area contributed by atoms with E-state index in [-0.39, 0.29) is 0 Å². The molecule has 44 valence electrons. The smallest absolute Gasteiger partial charge is 0.0749 e. The van der Waals surface area contributed by atoms with Crippen LogP contribution in [0.25, 0.3) is 0 Å². The van der Waals surface area contributed by atoms with Crippen molar-refractivity contribution in [1.29, 1.82) is 0 Å². The summed E-state index contributed by atoms with van der Waals surface area (Å²) in [6, 6.07) is 0. The summed E-state index contributed by atoms with van der Waals surface area (Å²) in [5.74, 6) is 0. The van der Waals surface area contributed by atoms with Crippen LogP contribution in [0.15, 0.2) is 0 Å². The number of nitrogens with one attached hydrogen (secondary N) is 1. The van der Waals surface area contributed by atoms with Gasteiger partial charge in [0.05, 0.1) is 10.4 Å². The molecule has 0 spiro atoms. The largest absolute Gasteiger partial charge is 0.345 e. The van der Waals surface area contributed by atoms with E-state index in [1.807, 2.05) is 0 Å². The van der Waals surface area contributed by atoms with Gasteiger partial charge in [-0.05, 0) is 12.0 Å². The van der Waals surface area contributed by atoms with Gasteiger partial charge >= 0.3 is 0 Å². The first-order valence-corrected chi connectivity index (χ1v) is 3.71. The highest BCUT2D eigenvalue weighted by molar-refractivity contribution is 6.04. The molecule has 0 aromatic rings. The van der Waals surface area contributed by atoms with Crippen LogP contribution in [0.2, 0.25) is 0 Å². The average molecular weight is 117 g/mol. The van der Waals surface area contributed by atoms with Gasteiger partial charge in [-0.15, -0.1) is 0 Å². The lowest BCUT2D eigenvalue weighted by Gasteiger charge is -2.16. The van der Waals surface area contributed by atoms with Crippen LogP contribution in [0, 0.1) is 5.41 Å². The van der Waals surface area contributed by atoms with Crippen molar-refractivity contribution >= 4 is 10.4 Å². The van der Waals surface area contributed by atoms with Gasteiger partial charge in [0.2, 0.25) is 0 Å². The molecule has 0 radical (unpaired) electrons. The summed E-state index contributed by atoms with van der Waals surface area (Å²) in [6.07, 6.45) is 0. The predicted octanol–water partition coefficient (Wildman–Crippen LogP) is -0.0975. The van der Waals surface area contributed by atoms with Crippen LogP contribution in [0.5, 0.6) is 0 Å². The van der Waals surface area contributed by atoms with Gasteiger partial charge in [-0.1, -0.05) is 20.8 Å². The minimum Gasteiger partial charge on any atom is -0.345 e. The van der Waals surface area contributed by atoms with Gasteiger partial charge in [-0.25, -0.2) is 0 Å². The zero-order valence-electron chi connectivity index (χ0n) is 5.71. The molecule has 1 N–H and O–H groups in total. The number of hydrogen-bond donors (Lipinski definition) is 1. The van der Waals surface area contributed by atoms with E-state index in [1.165, 1.54) is 0 Å². The summed E-state index contributed by atoms with van der Waals surface area (Å²) in [5.41, 5.74) is 0.474. The van der Waals surface area contributed by atoms with E-state index in [0.717, 1.165) is 16.9 Å². The van der Waals surface area contributed by atoms with E-state index < -0.39 is 0 Å². The lowest BCUT2D eigenvalue weighted by atomic mass is 9.98. The Bertz CT molecular complexity index is 46.5. The molecule has 0 bridgehead atoms. The fraction of sp³-hybridized carbons (Fsp3) is 1.00. The van der Waals surface area contributed by atoms with Crippen LogP contribution < -0.4 is 4.98 Å². The van der Waals surface area contributed by atoms with E-state index in [0.29, 0.717) is 5.41 Å². The van der Waals surface area contributed by atoms with Gasteiger partial charge in [0.15, 0.2) is 0 Å².